The van der Waals surface area contributed by atoms with Gasteiger partial charge in [-0.05, 0) is 12.5 Å². The van der Waals surface area contributed by atoms with Crippen LogP contribution in [0.4, 0.5) is 0 Å². The van der Waals surface area contributed by atoms with E-state index in [2.05, 4.69) is 49.9 Å². The number of thiazole rings is 1. The number of aromatic nitrogens is 3. The number of aryl methyl sites for hydroxylation is 1. The van der Waals surface area contributed by atoms with Gasteiger partial charge >= 0.3 is 0 Å². The Kier molecular flexibility index (Phi) is 4.74. The fraction of sp³-hybridized carbons (Fsp3) is 0.562. The topological polar surface area (TPSA) is 50.7 Å². The van der Waals surface area contributed by atoms with Crippen molar-refractivity contribution in [2.45, 2.75) is 59.5 Å². The predicted octanol–water partition coefficient (Wildman–Crippen LogP) is 3.70. The molecule has 0 amide bonds. The zero-order valence-corrected chi connectivity index (χ0v) is 14.5. The van der Waals surface area contributed by atoms with Gasteiger partial charge in [-0.25, -0.2) is 15.0 Å². The molecule has 2 heterocycles. The lowest BCUT2D eigenvalue weighted by molar-refractivity contribution is 0.546. The molecule has 0 aliphatic carbocycles. The first kappa shape index (κ1) is 16.0. The van der Waals surface area contributed by atoms with Gasteiger partial charge in [0.2, 0.25) is 0 Å². The zero-order chi connectivity index (χ0) is 15.6. The minimum absolute atomic E-state index is 0.0213. The highest BCUT2D eigenvalue weighted by atomic mass is 32.1. The summed E-state index contributed by atoms with van der Waals surface area (Å²) in [4.78, 5) is 14.9. The molecule has 0 unspecified atom stereocenters. The Morgan fingerprint density at radius 3 is 2.33 bits per heavy atom. The molecular weight excluding hydrogens is 280 g/mol. The van der Waals surface area contributed by atoms with E-state index in [1.54, 1.807) is 11.3 Å². The van der Waals surface area contributed by atoms with E-state index >= 15 is 0 Å². The molecule has 2 rings (SSSR count). The highest BCUT2D eigenvalue weighted by Gasteiger charge is 2.24. The molecule has 0 saturated carbocycles. The Hall–Kier alpha value is -1.33. The zero-order valence-electron chi connectivity index (χ0n) is 13.7. The van der Waals surface area contributed by atoms with Crippen LogP contribution in [0.2, 0.25) is 0 Å². The SMILES string of the molecule is Cc1cnc(-c2nc(C(C)(C)C)c(CNC(C)C)s2)nc1. The molecule has 0 aromatic carbocycles. The molecule has 5 heteroatoms. The van der Waals surface area contributed by atoms with Gasteiger partial charge in [0.15, 0.2) is 10.8 Å². The van der Waals surface area contributed by atoms with Crippen LogP contribution in [0.5, 0.6) is 0 Å². The number of nitrogens with zero attached hydrogens (tertiary/aromatic N) is 3. The highest BCUT2D eigenvalue weighted by molar-refractivity contribution is 7.15. The van der Waals surface area contributed by atoms with Crippen LogP contribution >= 0.6 is 11.3 Å². The molecule has 0 bridgehead atoms. The molecule has 0 aliphatic rings. The Morgan fingerprint density at radius 2 is 1.81 bits per heavy atom. The summed E-state index contributed by atoms with van der Waals surface area (Å²) in [7, 11) is 0. The van der Waals surface area contributed by atoms with E-state index in [0.29, 0.717) is 11.9 Å². The first-order chi connectivity index (χ1) is 9.77. The predicted molar refractivity (Wildman–Crippen MR) is 88.6 cm³/mol. The van der Waals surface area contributed by atoms with Gasteiger partial charge in [-0.1, -0.05) is 34.6 Å². The third kappa shape index (κ3) is 4.08. The smallest absolute Gasteiger partial charge is 0.188 e. The molecule has 2 aromatic rings. The Bertz CT molecular complexity index is 594. The Balaban J connectivity index is 2.37. The quantitative estimate of drug-likeness (QED) is 0.935. The lowest BCUT2D eigenvalue weighted by Crippen LogP contribution is -2.23. The average Bonchev–Trinajstić information content (AvgIpc) is 2.81. The molecule has 0 saturated heterocycles. The third-order valence-corrected chi connectivity index (χ3v) is 4.10. The number of rotatable bonds is 4. The van der Waals surface area contributed by atoms with Gasteiger partial charge in [0, 0.05) is 35.3 Å². The summed E-state index contributed by atoms with van der Waals surface area (Å²) in [5, 5.41) is 4.38. The summed E-state index contributed by atoms with van der Waals surface area (Å²) >= 11 is 1.69. The van der Waals surface area contributed by atoms with Crippen LogP contribution < -0.4 is 5.32 Å². The van der Waals surface area contributed by atoms with Crippen LogP contribution in [-0.2, 0) is 12.0 Å². The maximum Gasteiger partial charge on any atom is 0.188 e. The van der Waals surface area contributed by atoms with E-state index in [1.807, 2.05) is 19.3 Å². The Labute approximate surface area is 131 Å². The van der Waals surface area contributed by atoms with Crippen LogP contribution in [0.1, 0.15) is 50.8 Å². The van der Waals surface area contributed by atoms with E-state index in [1.165, 1.54) is 4.88 Å². The van der Waals surface area contributed by atoms with Crippen molar-refractivity contribution in [1.29, 1.82) is 0 Å². The van der Waals surface area contributed by atoms with Crippen LogP contribution in [-0.4, -0.2) is 21.0 Å². The van der Waals surface area contributed by atoms with E-state index in [-0.39, 0.29) is 5.41 Å². The standard InChI is InChI=1S/C16H24N4S/c1-10(2)17-9-12-13(16(4,5)6)20-15(21-12)14-18-7-11(3)8-19-14/h7-8,10,17H,9H2,1-6H3. The van der Waals surface area contributed by atoms with Gasteiger partial charge < -0.3 is 5.32 Å². The summed E-state index contributed by atoms with van der Waals surface area (Å²) in [5.74, 6) is 0.715. The lowest BCUT2D eigenvalue weighted by atomic mass is 9.91. The first-order valence-corrected chi connectivity index (χ1v) is 8.11. The molecule has 2 aromatic heterocycles. The number of hydrogen-bond acceptors (Lipinski definition) is 5. The van der Waals surface area contributed by atoms with E-state index < -0.39 is 0 Å². The third-order valence-electron chi connectivity index (χ3n) is 3.05. The molecule has 0 fully saturated rings. The number of nitrogens with one attached hydrogen (secondary N) is 1. The van der Waals surface area contributed by atoms with Gasteiger partial charge in [-0.15, -0.1) is 11.3 Å². The van der Waals surface area contributed by atoms with Crippen LogP contribution in [0, 0.1) is 6.92 Å². The second-order valence-corrected chi connectivity index (χ2v) is 7.74. The molecule has 4 nitrogen and oxygen atoms in total. The normalized spacial score (nSPS) is 12.1. The van der Waals surface area contributed by atoms with Crippen molar-refractivity contribution >= 4 is 11.3 Å². The van der Waals surface area contributed by atoms with Gasteiger partial charge in [0.1, 0.15) is 0 Å². The van der Waals surface area contributed by atoms with Crippen molar-refractivity contribution in [2.24, 2.45) is 0 Å². The molecule has 0 radical (unpaired) electrons. The molecule has 1 N–H and O–H groups in total. The lowest BCUT2D eigenvalue weighted by Gasteiger charge is -2.18. The van der Waals surface area contributed by atoms with E-state index in [9.17, 15) is 0 Å². The second-order valence-electron chi connectivity index (χ2n) is 6.66. The summed E-state index contributed by atoms with van der Waals surface area (Å²) in [5.41, 5.74) is 2.22. The van der Waals surface area contributed by atoms with Crippen molar-refractivity contribution in [3.8, 4) is 10.8 Å². The molecule has 21 heavy (non-hydrogen) atoms. The van der Waals surface area contributed by atoms with Gasteiger partial charge in [-0.3, -0.25) is 0 Å². The van der Waals surface area contributed by atoms with Crippen molar-refractivity contribution in [3.05, 3.63) is 28.5 Å². The monoisotopic (exact) mass is 304 g/mol. The van der Waals surface area contributed by atoms with Crippen molar-refractivity contribution in [1.82, 2.24) is 20.3 Å². The van der Waals surface area contributed by atoms with Crippen molar-refractivity contribution in [2.75, 3.05) is 0 Å². The summed E-state index contributed by atoms with van der Waals surface area (Å²) in [6.07, 6.45) is 3.68. The summed E-state index contributed by atoms with van der Waals surface area (Å²) in [6, 6.07) is 0.457. The first-order valence-electron chi connectivity index (χ1n) is 7.30. The van der Waals surface area contributed by atoms with E-state index in [4.69, 9.17) is 4.98 Å². The summed E-state index contributed by atoms with van der Waals surface area (Å²) < 4.78 is 0. The molecule has 114 valence electrons. The largest absolute Gasteiger partial charge is 0.310 e. The molecule has 0 aliphatic heterocycles. The Morgan fingerprint density at radius 1 is 1.19 bits per heavy atom. The van der Waals surface area contributed by atoms with Crippen molar-refractivity contribution < 1.29 is 0 Å². The van der Waals surface area contributed by atoms with Crippen LogP contribution in [0.3, 0.4) is 0 Å². The van der Waals surface area contributed by atoms with Crippen LogP contribution in [0.15, 0.2) is 12.4 Å². The maximum atomic E-state index is 4.81. The average molecular weight is 304 g/mol. The summed E-state index contributed by atoms with van der Waals surface area (Å²) in [6.45, 7) is 13.7. The molecule has 0 spiro atoms. The van der Waals surface area contributed by atoms with E-state index in [0.717, 1.165) is 22.8 Å². The van der Waals surface area contributed by atoms with Gasteiger partial charge in [-0.2, -0.15) is 0 Å². The maximum absolute atomic E-state index is 4.81. The molecular formula is C16H24N4S. The fourth-order valence-electron chi connectivity index (χ4n) is 1.95. The van der Waals surface area contributed by atoms with Crippen LogP contribution in [0.25, 0.3) is 10.8 Å². The van der Waals surface area contributed by atoms with Crippen molar-refractivity contribution in [3.63, 3.8) is 0 Å². The molecule has 0 atom stereocenters. The van der Waals surface area contributed by atoms with Gasteiger partial charge in [0.25, 0.3) is 0 Å². The fourth-order valence-corrected chi connectivity index (χ4v) is 3.12. The minimum atomic E-state index is 0.0213. The van der Waals surface area contributed by atoms with Gasteiger partial charge in [0.05, 0.1) is 5.69 Å². The number of hydrogen-bond donors (Lipinski definition) is 1. The highest BCUT2D eigenvalue weighted by Crippen LogP contribution is 2.33. The minimum Gasteiger partial charge on any atom is -0.310 e. The second kappa shape index (κ2) is 6.20.